The summed E-state index contributed by atoms with van der Waals surface area (Å²) in [6.45, 7) is 0.925. The third kappa shape index (κ3) is 9.14. The maximum atomic E-state index is 10.3. The van der Waals surface area contributed by atoms with E-state index in [-0.39, 0.29) is 0 Å². The fourth-order valence-electron chi connectivity index (χ4n) is 3.40. The topological polar surface area (TPSA) is 161 Å². The molecule has 0 unspecified atom stereocenters. The lowest BCUT2D eigenvalue weighted by atomic mass is 9.94. The van der Waals surface area contributed by atoms with Crippen LogP contribution in [-0.2, 0) is 20.9 Å². The van der Waals surface area contributed by atoms with Gasteiger partial charge in [-0.25, -0.2) is 4.79 Å². The number of hydrogen-bond acceptors (Lipinski definition) is 6. The largest absolute Gasteiger partial charge is 0.481 e. The Morgan fingerprint density at radius 1 is 1.06 bits per heavy atom. The SMILES string of the molecule is CN(Cc1cc(Br)cc(Br)c1N)C1CCCCC1.O=C(O)CC(O)(CC(=O)O)C(=O)O. The summed E-state index contributed by atoms with van der Waals surface area (Å²) in [4.78, 5) is 32.9. The molecule has 31 heavy (non-hydrogen) atoms. The fraction of sp³-hybridized carbons (Fsp3) is 0.550. The average molecular weight is 568 g/mol. The molecule has 174 valence electrons. The van der Waals surface area contributed by atoms with Crippen molar-refractivity contribution >= 4 is 55.5 Å². The predicted molar refractivity (Wildman–Crippen MR) is 122 cm³/mol. The number of benzene rings is 1. The second-order valence-corrected chi connectivity index (χ2v) is 9.42. The van der Waals surface area contributed by atoms with Gasteiger partial charge in [0.25, 0.3) is 0 Å². The Labute approximate surface area is 197 Å². The zero-order valence-electron chi connectivity index (χ0n) is 17.2. The molecule has 1 fully saturated rings. The standard InChI is InChI=1S/C14H20Br2N2.C6H8O7/c1-18(12-5-3-2-4-6-12)9-10-7-11(15)8-13(16)14(10)17;7-3(8)1-6(13,5(11)12)2-4(9)10/h7-8,12H,2-6,9,17H2,1H3;13H,1-2H2,(H,7,8)(H,9,10)(H,11,12). The number of aliphatic hydroxyl groups is 1. The maximum absolute atomic E-state index is 10.3. The van der Waals surface area contributed by atoms with Gasteiger partial charge in [-0.15, -0.1) is 0 Å². The van der Waals surface area contributed by atoms with E-state index in [1.807, 2.05) is 6.07 Å². The number of hydrogen-bond donors (Lipinski definition) is 5. The molecule has 1 aromatic rings. The van der Waals surface area contributed by atoms with Crippen LogP contribution in [0.15, 0.2) is 21.1 Å². The molecule has 0 amide bonds. The molecule has 6 N–H and O–H groups in total. The van der Waals surface area contributed by atoms with Crippen LogP contribution in [0.5, 0.6) is 0 Å². The summed E-state index contributed by atoms with van der Waals surface area (Å²) in [5.74, 6) is -5.02. The van der Waals surface area contributed by atoms with Crippen LogP contribution in [0, 0.1) is 0 Å². The molecule has 1 saturated carbocycles. The lowest BCUT2D eigenvalue weighted by Gasteiger charge is -2.31. The number of aliphatic carboxylic acids is 3. The van der Waals surface area contributed by atoms with Crippen molar-refractivity contribution in [1.29, 1.82) is 0 Å². The number of rotatable bonds is 8. The van der Waals surface area contributed by atoms with Gasteiger partial charge in [-0.05, 0) is 53.5 Å². The summed E-state index contributed by atoms with van der Waals surface area (Å²) in [6.07, 6.45) is 4.49. The van der Waals surface area contributed by atoms with Crippen molar-refractivity contribution in [2.75, 3.05) is 12.8 Å². The molecule has 1 aliphatic carbocycles. The van der Waals surface area contributed by atoms with Crippen LogP contribution in [0.3, 0.4) is 0 Å². The van der Waals surface area contributed by atoms with E-state index in [2.05, 4.69) is 49.9 Å². The van der Waals surface area contributed by atoms with Crippen molar-refractivity contribution in [3.8, 4) is 0 Å². The van der Waals surface area contributed by atoms with E-state index in [9.17, 15) is 14.4 Å². The molecular formula is C20H28Br2N2O7. The average Bonchev–Trinajstić information content (AvgIpc) is 2.65. The molecule has 0 spiro atoms. The highest BCUT2D eigenvalue weighted by Gasteiger charge is 2.40. The molecule has 1 aromatic carbocycles. The van der Waals surface area contributed by atoms with E-state index in [1.54, 1.807) is 0 Å². The van der Waals surface area contributed by atoms with Gasteiger partial charge >= 0.3 is 17.9 Å². The van der Waals surface area contributed by atoms with Crippen LogP contribution in [0.4, 0.5) is 5.69 Å². The molecule has 0 aromatic heterocycles. The van der Waals surface area contributed by atoms with Gasteiger partial charge in [0.1, 0.15) is 0 Å². The zero-order valence-corrected chi connectivity index (χ0v) is 20.4. The predicted octanol–water partition coefficient (Wildman–Crippen LogP) is 3.31. The molecule has 11 heteroatoms. The van der Waals surface area contributed by atoms with Crippen molar-refractivity contribution in [1.82, 2.24) is 4.90 Å². The van der Waals surface area contributed by atoms with Crippen LogP contribution < -0.4 is 5.73 Å². The van der Waals surface area contributed by atoms with E-state index in [0.29, 0.717) is 0 Å². The van der Waals surface area contributed by atoms with Crippen LogP contribution in [0.2, 0.25) is 0 Å². The quantitative estimate of drug-likeness (QED) is 0.297. The van der Waals surface area contributed by atoms with Crippen molar-refractivity contribution in [3.05, 3.63) is 26.6 Å². The Bertz CT molecular complexity index is 782. The van der Waals surface area contributed by atoms with E-state index in [0.717, 1.165) is 27.2 Å². The van der Waals surface area contributed by atoms with Gasteiger partial charge in [-0.3, -0.25) is 14.5 Å². The van der Waals surface area contributed by atoms with Crippen molar-refractivity contribution in [3.63, 3.8) is 0 Å². The second kappa shape index (κ2) is 12.4. The van der Waals surface area contributed by atoms with Crippen LogP contribution in [0.1, 0.15) is 50.5 Å². The Morgan fingerprint density at radius 3 is 2.03 bits per heavy atom. The third-order valence-electron chi connectivity index (χ3n) is 5.08. The van der Waals surface area contributed by atoms with Crippen molar-refractivity contribution < 1.29 is 34.8 Å². The van der Waals surface area contributed by atoms with Crippen LogP contribution in [0.25, 0.3) is 0 Å². The van der Waals surface area contributed by atoms with Gasteiger partial charge < -0.3 is 26.2 Å². The first kappa shape index (κ1) is 27.3. The minimum Gasteiger partial charge on any atom is -0.481 e. The van der Waals surface area contributed by atoms with Crippen molar-refractivity contribution in [2.24, 2.45) is 0 Å². The first-order valence-electron chi connectivity index (χ1n) is 9.68. The van der Waals surface area contributed by atoms with Gasteiger partial charge in [0.2, 0.25) is 0 Å². The molecule has 0 saturated heterocycles. The highest BCUT2D eigenvalue weighted by molar-refractivity contribution is 9.11. The summed E-state index contributed by atoms with van der Waals surface area (Å²) < 4.78 is 2.06. The van der Waals surface area contributed by atoms with Gasteiger partial charge in [-0.1, -0.05) is 35.2 Å². The molecule has 0 bridgehead atoms. The number of nitrogen functional groups attached to an aromatic ring is 1. The molecule has 2 rings (SSSR count). The van der Waals surface area contributed by atoms with Gasteiger partial charge in [-0.2, -0.15) is 0 Å². The fourth-order valence-corrected chi connectivity index (χ4v) is 4.72. The Morgan fingerprint density at radius 2 is 1.58 bits per heavy atom. The minimum atomic E-state index is -2.74. The summed E-state index contributed by atoms with van der Waals surface area (Å²) in [6, 6.07) is 4.84. The van der Waals surface area contributed by atoms with Crippen molar-refractivity contribution in [2.45, 2.75) is 63.1 Å². The summed E-state index contributed by atoms with van der Waals surface area (Å²) >= 11 is 7.04. The number of carboxylic acid groups (broad SMARTS) is 3. The zero-order chi connectivity index (χ0) is 23.8. The number of anilines is 1. The van der Waals surface area contributed by atoms with Gasteiger partial charge in [0, 0.05) is 21.5 Å². The van der Waals surface area contributed by atoms with Gasteiger partial charge in [0.05, 0.1) is 18.5 Å². The van der Waals surface area contributed by atoms with E-state index >= 15 is 0 Å². The molecule has 0 aliphatic heterocycles. The molecule has 9 nitrogen and oxygen atoms in total. The maximum Gasteiger partial charge on any atom is 0.336 e. The number of carbonyl (C=O) groups is 3. The first-order chi connectivity index (χ1) is 14.4. The number of nitrogens with two attached hydrogens (primary N) is 1. The highest BCUT2D eigenvalue weighted by Crippen LogP contribution is 2.30. The number of carboxylic acids is 3. The van der Waals surface area contributed by atoms with E-state index in [1.165, 1.54) is 37.7 Å². The summed E-state index contributed by atoms with van der Waals surface area (Å²) in [5.41, 5.74) is 5.46. The van der Waals surface area contributed by atoms with Crippen LogP contribution in [-0.4, -0.2) is 61.9 Å². The summed E-state index contributed by atoms with van der Waals surface area (Å²) in [5, 5.41) is 33.8. The molecule has 0 heterocycles. The monoisotopic (exact) mass is 566 g/mol. The third-order valence-corrected chi connectivity index (χ3v) is 6.20. The highest BCUT2D eigenvalue weighted by atomic mass is 79.9. The molecule has 0 atom stereocenters. The number of halogens is 2. The smallest absolute Gasteiger partial charge is 0.336 e. The molecule has 0 radical (unpaired) electrons. The normalized spacial score (nSPS) is 14.6. The van der Waals surface area contributed by atoms with E-state index in [4.69, 9.17) is 26.2 Å². The summed E-state index contributed by atoms with van der Waals surface area (Å²) in [7, 11) is 2.21. The Kier molecular flexibility index (Phi) is 10.9. The lowest BCUT2D eigenvalue weighted by Crippen LogP contribution is -2.42. The molecule has 1 aliphatic rings. The Hall–Kier alpha value is -1.69. The van der Waals surface area contributed by atoms with Gasteiger partial charge in [0.15, 0.2) is 5.60 Å². The van der Waals surface area contributed by atoms with E-state index < -0.39 is 36.4 Å². The lowest BCUT2D eigenvalue weighted by molar-refractivity contribution is -0.170. The minimum absolute atomic E-state index is 0.718. The second-order valence-electron chi connectivity index (χ2n) is 7.65. The first-order valence-corrected chi connectivity index (χ1v) is 11.3. The number of nitrogens with zero attached hydrogens (tertiary/aromatic N) is 1. The Balaban J connectivity index is 0.000000330. The van der Waals surface area contributed by atoms with Crippen LogP contribution >= 0.6 is 31.9 Å². The molecular weight excluding hydrogens is 540 g/mol.